The molecule has 0 fully saturated rings. The van der Waals surface area contributed by atoms with Crippen LogP contribution in [-0.2, 0) is 6.42 Å². The van der Waals surface area contributed by atoms with E-state index in [0.29, 0.717) is 0 Å². The van der Waals surface area contributed by atoms with E-state index in [4.69, 9.17) is 9.97 Å². The van der Waals surface area contributed by atoms with Gasteiger partial charge < -0.3 is 0 Å². The third-order valence-electron chi connectivity index (χ3n) is 5.25. The van der Waals surface area contributed by atoms with Crippen LogP contribution in [0.4, 0.5) is 0 Å². The Morgan fingerprint density at radius 2 is 1.75 bits per heavy atom. The summed E-state index contributed by atoms with van der Waals surface area (Å²) in [5.74, 6) is 0.927. The Balaban J connectivity index is 1.68. The Hall–Kier alpha value is -3.27. The van der Waals surface area contributed by atoms with E-state index in [2.05, 4.69) is 39.9 Å². The lowest BCUT2D eigenvalue weighted by atomic mass is 10.1. The molecular formula is C24H22N4. The average molecular weight is 366 g/mol. The van der Waals surface area contributed by atoms with E-state index in [1.165, 1.54) is 11.4 Å². The van der Waals surface area contributed by atoms with E-state index in [1.807, 2.05) is 36.4 Å². The van der Waals surface area contributed by atoms with Crippen LogP contribution in [-0.4, -0.2) is 19.5 Å². The van der Waals surface area contributed by atoms with E-state index in [9.17, 15) is 0 Å². The van der Waals surface area contributed by atoms with Gasteiger partial charge in [-0.1, -0.05) is 30.4 Å². The van der Waals surface area contributed by atoms with Crippen molar-refractivity contribution in [1.29, 1.82) is 0 Å². The molecule has 2 aliphatic rings. The van der Waals surface area contributed by atoms with Crippen molar-refractivity contribution < 1.29 is 0 Å². The van der Waals surface area contributed by atoms with Gasteiger partial charge in [-0.15, -0.1) is 0 Å². The van der Waals surface area contributed by atoms with Crippen molar-refractivity contribution in [2.75, 3.05) is 0 Å². The normalized spacial score (nSPS) is 15.8. The van der Waals surface area contributed by atoms with E-state index >= 15 is 0 Å². The number of aromatic nitrogens is 4. The first-order chi connectivity index (χ1) is 13.9. The number of nitrogens with zero attached hydrogens (tertiary/aromatic N) is 4. The standard InChI is InChI=1S/C24H22N4/c1-3-10-18(11-4-1)28-23-16-6-2-5-13-21(23)27-24(28)22-15-9-14-20(26-22)19-12-7-8-17-25-19/h1,3,5,7-10,12-15,17H,2,4,6,11,16H2. The summed E-state index contributed by atoms with van der Waals surface area (Å²) in [5, 5.41) is 0. The second-order valence-corrected chi connectivity index (χ2v) is 7.15. The predicted molar refractivity (Wildman–Crippen MR) is 113 cm³/mol. The number of imidazole rings is 1. The first-order valence-electron chi connectivity index (χ1n) is 9.93. The molecule has 3 aromatic rings. The van der Waals surface area contributed by atoms with Crippen molar-refractivity contribution in [3.05, 3.63) is 78.3 Å². The predicted octanol–water partition coefficient (Wildman–Crippen LogP) is 5.55. The lowest BCUT2D eigenvalue weighted by Gasteiger charge is -2.17. The maximum Gasteiger partial charge on any atom is 0.163 e. The Labute approximate surface area is 165 Å². The maximum absolute atomic E-state index is 5.02. The van der Waals surface area contributed by atoms with E-state index < -0.39 is 0 Å². The first-order valence-corrected chi connectivity index (χ1v) is 9.93. The number of fused-ring (bicyclic) bond motifs is 1. The van der Waals surface area contributed by atoms with Gasteiger partial charge in [0.2, 0.25) is 0 Å². The monoisotopic (exact) mass is 366 g/mol. The first kappa shape index (κ1) is 16.9. The molecule has 0 bridgehead atoms. The second kappa shape index (κ2) is 7.39. The van der Waals surface area contributed by atoms with Gasteiger partial charge >= 0.3 is 0 Å². The molecule has 0 atom stereocenters. The largest absolute Gasteiger partial charge is 0.299 e. The lowest BCUT2D eigenvalue weighted by molar-refractivity contribution is 0.794. The summed E-state index contributed by atoms with van der Waals surface area (Å²) in [6, 6.07) is 12.0. The van der Waals surface area contributed by atoms with Gasteiger partial charge in [0.15, 0.2) is 5.82 Å². The molecule has 28 heavy (non-hydrogen) atoms. The van der Waals surface area contributed by atoms with Crippen molar-refractivity contribution in [2.24, 2.45) is 0 Å². The van der Waals surface area contributed by atoms with Crippen molar-refractivity contribution in [3.8, 4) is 22.9 Å². The Morgan fingerprint density at radius 1 is 0.821 bits per heavy atom. The van der Waals surface area contributed by atoms with Crippen LogP contribution in [0.2, 0.25) is 0 Å². The van der Waals surface area contributed by atoms with E-state index in [1.54, 1.807) is 6.20 Å². The van der Waals surface area contributed by atoms with Gasteiger partial charge in [0, 0.05) is 11.9 Å². The molecule has 0 unspecified atom stereocenters. The minimum Gasteiger partial charge on any atom is -0.299 e. The van der Waals surface area contributed by atoms with Gasteiger partial charge in [0.05, 0.1) is 22.8 Å². The molecule has 0 amide bonds. The zero-order valence-corrected chi connectivity index (χ0v) is 15.8. The molecule has 0 saturated carbocycles. The molecule has 0 spiro atoms. The summed E-state index contributed by atoms with van der Waals surface area (Å²) < 4.78 is 2.35. The highest BCUT2D eigenvalue weighted by Gasteiger charge is 2.21. The quantitative estimate of drug-likeness (QED) is 0.610. The average Bonchev–Trinajstić information content (AvgIpc) is 2.98. The van der Waals surface area contributed by atoms with E-state index in [-0.39, 0.29) is 0 Å². The van der Waals surface area contributed by atoms with Gasteiger partial charge in [-0.05, 0) is 68.5 Å². The molecule has 4 heteroatoms. The minimum atomic E-state index is 0.871. The highest BCUT2D eigenvalue weighted by Crippen LogP contribution is 2.32. The summed E-state index contributed by atoms with van der Waals surface area (Å²) in [6.45, 7) is 0. The topological polar surface area (TPSA) is 43.6 Å². The SMILES string of the molecule is C1=CCCC(n2c(-c3cccc(-c4ccccn4)n3)nc3c2CCCC=C3)=C1. The molecule has 138 valence electrons. The van der Waals surface area contributed by atoms with E-state index in [0.717, 1.165) is 60.7 Å². The fourth-order valence-electron chi connectivity index (χ4n) is 3.90. The molecule has 0 aliphatic heterocycles. The van der Waals surface area contributed by atoms with Crippen LogP contribution in [0.3, 0.4) is 0 Å². The lowest BCUT2D eigenvalue weighted by Crippen LogP contribution is -2.07. The highest BCUT2D eigenvalue weighted by atomic mass is 15.1. The molecule has 4 nitrogen and oxygen atoms in total. The zero-order valence-electron chi connectivity index (χ0n) is 15.8. The molecule has 0 aromatic carbocycles. The number of rotatable bonds is 3. The molecule has 2 aliphatic carbocycles. The summed E-state index contributed by atoms with van der Waals surface area (Å²) >= 11 is 0. The van der Waals surface area contributed by atoms with Gasteiger partial charge in [-0.2, -0.15) is 0 Å². The minimum absolute atomic E-state index is 0.871. The highest BCUT2D eigenvalue weighted by molar-refractivity contribution is 5.68. The second-order valence-electron chi connectivity index (χ2n) is 7.15. The molecule has 5 rings (SSSR count). The van der Waals surface area contributed by atoms with Crippen molar-refractivity contribution in [2.45, 2.75) is 32.1 Å². The molecule has 0 radical (unpaired) electrons. The maximum atomic E-state index is 5.02. The summed E-state index contributed by atoms with van der Waals surface area (Å²) in [7, 11) is 0. The Bertz CT molecular complexity index is 1090. The number of allylic oxidation sites excluding steroid dienone is 5. The number of hydrogen-bond acceptors (Lipinski definition) is 3. The number of pyridine rings is 2. The third kappa shape index (κ3) is 3.11. The van der Waals surface area contributed by atoms with Crippen LogP contribution in [0.5, 0.6) is 0 Å². The van der Waals surface area contributed by atoms with Crippen molar-refractivity contribution in [1.82, 2.24) is 19.5 Å². The third-order valence-corrected chi connectivity index (χ3v) is 5.25. The van der Waals surface area contributed by atoms with Crippen molar-refractivity contribution >= 4 is 11.8 Å². The van der Waals surface area contributed by atoms with Gasteiger partial charge in [-0.25, -0.2) is 9.97 Å². The summed E-state index contributed by atoms with van der Waals surface area (Å²) in [4.78, 5) is 14.4. The van der Waals surface area contributed by atoms with Crippen LogP contribution < -0.4 is 0 Å². The van der Waals surface area contributed by atoms with Crippen LogP contribution in [0.1, 0.15) is 37.1 Å². The van der Waals surface area contributed by atoms with Crippen molar-refractivity contribution in [3.63, 3.8) is 0 Å². The number of hydrogen-bond donors (Lipinski definition) is 0. The fourth-order valence-corrected chi connectivity index (χ4v) is 3.90. The molecule has 3 aromatic heterocycles. The fraction of sp³-hybridized carbons (Fsp3) is 0.208. The molecular weight excluding hydrogens is 344 g/mol. The smallest absolute Gasteiger partial charge is 0.163 e. The van der Waals surface area contributed by atoms with Crippen LogP contribution in [0.15, 0.2) is 66.9 Å². The van der Waals surface area contributed by atoms with Gasteiger partial charge in [-0.3, -0.25) is 9.55 Å². The molecule has 0 saturated heterocycles. The summed E-state index contributed by atoms with van der Waals surface area (Å²) in [5.41, 5.74) is 6.31. The Kier molecular flexibility index (Phi) is 4.45. The zero-order chi connectivity index (χ0) is 18.8. The Morgan fingerprint density at radius 3 is 2.61 bits per heavy atom. The van der Waals surface area contributed by atoms with Gasteiger partial charge in [0.25, 0.3) is 0 Å². The van der Waals surface area contributed by atoms with Gasteiger partial charge in [0.1, 0.15) is 5.69 Å². The molecule has 3 heterocycles. The van der Waals surface area contributed by atoms with Crippen LogP contribution >= 0.6 is 0 Å². The van der Waals surface area contributed by atoms with Crippen LogP contribution in [0.25, 0.3) is 34.7 Å². The summed E-state index contributed by atoms with van der Waals surface area (Å²) in [6.07, 6.45) is 18.2. The molecule has 0 N–H and O–H groups in total. The van der Waals surface area contributed by atoms with Crippen LogP contribution in [0, 0.1) is 0 Å².